The van der Waals surface area contributed by atoms with Crippen LogP contribution in [0.3, 0.4) is 0 Å². The van der Waals surface area contributed by atoms with Crippen LogP contribution < -0.4 is 0 Å². The Morgan fingerprint density at radius 1 is 1.21 bits per heavy atom. The number of rotatable bonds is 1. The fraction of sp³-hybridized carbons (Fsp3) is 0. The van der Waals surface area contributed by atoms with Gasteiger partial charge in [-0.05, 0) is 40.8 Å². The Hall–Kier alpha value is -0.680. The highest BCUT2D eigenvalue weighted by molar-refractivity contribution is 14.1. The lowest BCUT2D eigenvalue weighted by Gasteiger charge is -2.02. The van der Waals surface area contributed by atoms with Gasteiger partial charge in [0.1, 0.15) is 0 Å². The van der Waals surface area contributed by atoms with Gasteiger partial charge in [-0.15, -0.1) is 0 Å². The summed E-state index contributed by atoms with van der Waals surface area (Å²) in [6.07, 6.45) is 5.25. The molecule has 70 valence electrons. The van der Waals surface area contributed by atoms with E-state index in [1.165, 1.54) is 0 Å². The van der Waals surface area contributed by atoms with Crippen molar-refractivity contribution < 1.29 is 0 Å². The van der Waals surface area contributed by atoms with Crippen molar-refractivity contribution in [1.82, 2.24) is 9.97 Å². The van der Waals surface area contributed by atoms with Gasteiger partial charge in [0.2, 0.25) is 0 Å². The average molecular weight is 317 g/mol. The van der Waals surface area contributed by atoms with Crippen molar-refractivity contribution in [2.24, 2.45) is 0 Å². The molecule has 0 atom stereocenters. The lowest BCUT2D eigenvalue weighted by Crippen LogP contribution is -1.86. The molecular formula is C10H6ClIN2. The summed E-state index contributed by atoms with van der Waals surface area (Å²) in [5.74, 6) is 0. The Morgan fingerprint density at radius 3 is 2.57 bits per heavy atom. The molecule has 0 spiro atoms. The standard InChI is InChI=1S/C10H6ClIN2/c11-9-5-8(12)6-14-10(9)7-1-3-13-4-2-7/h1-6H. The number of aromatic nitrogens is 2. The van der Waals surface area contributed by atoms with Gasteiger partial charge in [0, 0.05) is 27.7 Å². The van der Waals surface area contributed by atoms with Gasteiger partial charge in [0.15, 0.2) is 0 Å². The Morgan fingerprint density at radius 2 is 1.93 bits per heavy atom. The molecule has 0 saturated heterocycles. The SMILES string of the molecule is Clc1cc(I)cnc1-c1ccncc1. The molecule has 0 N–H and O–H groups in total. The summed E-state index contributed by atoms with van der Waals surface area (Å²) in [6, 6.07) is 5.67. The second-order valence-corrected chi connectivity index (χ2v) is 4.37. The molecule has 0 aliphatic heterocycles. The number of hydrogen-bond donors (Lipinski definition) is 0. The van der Waals surface area contributed by atoms with Crippen LogP contribution in [0, 0.1) is 3.57 Å². The predicted octanol–water partition coefficient (Wildman–Crippen LogP) is 3.40. The molecule has 0 unspecified atom stereocenters. The van der Waals surface area contributed by atoms with E-state index in [2.05, 4.69) is 32.6 Å². The van der Waals surface area contributed by atoms with Crippen molar-refractivity contribution in [1.29, 1.82) is 0 Å². The highest BCUT2D eigenvalue weighted by Crippen LogP contribution is 2.25. The smallest absolute Gasteiger partial charge is 0.0890 e. The zero-order valence-electron chi connectivity index (χ0n) is 7.11. The third kappa shape index (κ3) is 2.04. The molecule has 0 aliphatic rings. The summed E-state index contributed by atoms with van der Waals surface area (Å²) >= 11 is 8.26. The van der Waals surface area contributed by atoms with Crippen molar-refractivity contribution in [2.75, 3.05) is 0 Å². The maximum Gasteiger partial charge on any atom is 0.0890 e. The summed E-state index contributed by atoms with van der Waals surface area (Å²) in [4.78, 5) is 8.23. The van der Waals surface area contributed by atoms with Crippen molar-refractivity contribution in [3.05, 3.63) is 45.4 Å². The van der Waals surface area contributed by atoms with Gasteiger partial charge in [-0.25, -0.2) is 0 Å². The number of pyridine rings is 2. The van der Waals surface area contributed by atoms with Crippen LogP contribution in [0.5, 0.6) is 0 Å². The van der Waals surface area contributed by atoms with Crippen LogP contribution in [0.25, 0.3) is 11.3 Å². The first-order valence-electron chi connectivity index (χ1n) is 3.99. The van der Waals surface area contributed by atoms with Gasteiger partial charge in [-0.3, -0.25) is 9.97 Å². The van der Waals surface area contributed by atoms with E-state index in [1.54, 1.807) is 18.6 Å². The first-order chi connectivity index (χ1) is 6.77. The molecule has 0 aliphatic carbocycles. The maximum absolute atomic E-state index is 6.08. The maximum atomic E-state index is 6.08. The minimum Gasteiger partial charge on any atom is -0.265 e. The Kier molecular flexibility index (Phi) is 2.98. The molecule has 0 amide bonds. The molecule has 2 heterocycles. The fourth-order valence-electron chi connectivity index (χ4n) is 1.14. The van der Waals surface area contributed by atoms with Crippen LogP contribution in [0.4, 0.5) is 0 Å². The molecule has 14 heavy (non-hydrogen) atoms. The molecule has 2 aromatic heterocycles. The predicted molar refractivity (Wildman–Crippen MR) is 65.2 cm³/mol. The number of hydrogen-bond acceptors (Lipinski definition) is 2. The van der Waals surface area contributed by atoms with Gasteiger partial charge in [0.05, 0.1) is 10.7 Å². The summed E-state index contributed by atoms with van der Waals surface area (Å²) in [7, 11) is 0. The molecule has 0 aromatic carbocycles. The lowest BCUT2D eigenvalue weighted by atomic mass is 10.2. The molecule has 2 nitrogen and oxygen atoms in total. The third-order valence-corrected chi connectivity index (χ3v) is 2.64. The molecule has 2 rings (SSSR count). The van der Waals surface area contributed by atoms with Crippen LogP contribution in [0.2, 0.25) is 5.02 Å². The highest BCUT2D eigenvalue weighted by atomic mass is 127. The minimum atomic E-state index is 0.670. The van der Waals surface area contributed by atoms with Crippen LogP contribution in [-0.2, 0) is 0 Å². The topological polar surface area (TPSA) is 25.8 Å². The van der Waals surface area contributed by atoms with E-state index in [9.17, 15) is 0 Å². The minimum absolute atomic E-state index is 0.670. The average Bonchev–Trinajstić information content (AvgIpc) is 2.19. The van der Waals surface area contributed by atoms with E-state index in [0.717, 1.165) is 14.8 Å². The normalized spacial score (nSPS) is 10.1. The monoisotopic (exact) mass is 316 g/mol. The fourth-order valence-corrected chi connectivity index (χ4v) is 2.05. The largest absolute Gasteiger partial charge is 0.265 e. The first kappa shape index (κ1) is 9.86. The molecule has 0 fully saturated rings. The second kappa shape index (κ2) is 4.23. The van der Waals surface area contributed by atoms with Gasteiger partial charge in [-0.1, -0.05) is 11.6 Å². The van der Waals surface area contributed by atoms with Crippen molar-refractivity contribution >= 4 is 34.2 Å². The summed E-state index contributed by atoms with van der Waals surface area (Å²) in [5, 5.41) is 0.670. The molecule has 2 aromatic rings. The summed E-state index contributed by atoms with van der Waals surface area (Å²) in [6.45, 7) is 0. The van der Waals surface area contributed by atoms with Gasteiger partial charge < -0.3 is 0 Å². The van der Waals surface area contributed by atoms with E-state index in [1.807, 2.05) is 18.2 Å². The van der Waals surface area contributed by atoms with Gasteiger partial charge in [0.25, 0.3) is 0 Å². The molecule has 4 heteroatoms. The molecule has 0 radical (unpaired) electrons. The Labute approximate surface area is 100 Å². The van der Waals surface area contributed by atoms with Crippen molar-refractivity contribution in [3.8, 4) is 11.3 Å². The number of nitrogens with zero attached hydrogens (tertiary/aromatic N) is 2. The number of halogens is 2. The first-order valence-corrected chi connectivity index (χ1v) is 5.44. The highest BCUT2D eigenvalue weighted by Gasteiger charge is 2.04. The second-order valence-electron chi connectivity index (χ2n) is 2.72. The Balaban J connectivity index is 2.53. The van der Waals surface area contributed by atoms with E-state index >= 15 is 0 Å². The van der Waals surface area contributed by atoms with Gasteiger partial charge in [-0.2, -0.15) is 0 Å². The third-order valence-electron chi connectivity index (χ3n) is 1.76. The van der Waals surface area contributed by atoms with E-state index in [0.29, 0.717) is 5.02 Å². The van der Waals surface area contributed by atoms with Crippen molar-refractivity contribution in [3.63, 3.8) is 0 Å². The van der Waals surface area contributed by atoms with Crippen LogP contribution in [0.1, 0.15) is 0 Å². The molecule has 0 saturated carbocycles. The lowest BCUT2D eigenvalue weighted by molar-refractivity contribution is 1.28. The van der Waals surface area contributed by atoms with Crippen molar-refractivity contribution in [2.45, 2.75) is 0 Å². The van der Waals surface area contributed by atoms with Crippen LogP contribution in [-0.4, -0.2) is 9.97 Å². The van der Waals surface area contributed by atoms with Gasteiger partial charge >= 0.3 is 0 Å². The summed E-state index contributed by atoms with van der Waals surface area (Å²) in [5.41, 5.74) is 1.79. The van der Waals surface area contributed by atoms with E-state index < -0.39 is 0 Å². The van der Waals surface area contributed by atoms with Crippen LogP contribution in [0.15, 0.2) is 36.8 Å². The summed E-state index contributed by atoms with van der Waals surface area (Å²) < 4.78 is 1.03. The quantitative estimate of drug-likeness (QED) is 0.754. The van der Waals surface area contributed by atoms with E-state index in [-0.39, 0.29) is 0 Å². The Bertz CT molecular complexity index is 445. The molecular weight excluding hydrogens is 310 g/mol. The zero-order chi connectivity index (χ0) is 9.97. The van der Waals surface area contributed by atoms with Crippen LogP contribution >= 0.6 is 34.2 Å². The molecule has 0 bridgehead atoms. The van der Waals surface area contributed by atoms with E-state index in [4.69, 9.17) is 11.6 Å². The zero-order valence-corrected chi connectivity index (χ0v) is 10.0.